The van der Waals surface area contributed by atoms with Crippen LogP contribution in [0.2, 0.25) is 0 Å². The first kappa shape index (κ1) is 21.6. The number of pyridine rings is 1. The number of aromatic nitrogens is 1. The van der Waals surface area contributed by atoms with E-state index >= 15 is 0 Å². The first-order chi connectivity index (χ1) is 15.0. The van der Waals surface area contributed by atoms with E-state index in [1.54, 1.807) is 31.4 Å². The number of rotatable bonds is 8. The molecule has 3 rings (SSSR count). The summed E-state index contributed by atoms with van der Waals surface area (Å²) in [5, 5.41) is 3.94. The molecule has 0 saturated heterocycles. The largest absolute Gasteiger partial charge is 0.493 e. The number of hydrazone groups is 1. The number of carbonyl (C=O) groups is 1. The van der Waals surface area contributed by atoms with Crippen LogP contribution in [-0.4, -0.2) is 30.9 Å². The van der Waals surface area contributed by atoms with Crippen LogP contribution in [0.5, 0.6) is 17.2 Å². The van der Waals surface area contributed by atoms with Crippen LogP contribution in [0.4, 0.5) is 0 Å². The van der Waals surface area contributed by atoms with Gasteiger partial charge in [0.2, 0.25) is 5.75 Å². The molecule has 1 aromatic heterocycles. The van der Waals surface area contributed by atoms with Crippen molar-refractivity contribution >= 4 is 12.1 Å². The maximum Gasteiger partial charge on any atom is 0.276 e. The van der Waals surface area contributed by atoms with Gasteiger partial charge < -0.3 is 18.8 Å². The highest BCUT2D eigenvalue weighted by Gasteiger charge is 2.14. The second-order valence-corrected chi connectivity index (χ2v) is 6.57. The predicted molar refractivity (Wildman–Crippen MR) is 117 cm³/mol. The quantitative estimate of drug-likeness (QED) is 0.446. The maximum absolute atomic E-state index is 12.2. The molecule has 31 heavy (non-hydrogen) atoms. The van der Waals surface area contributed by atoms with Gasteiger partial charge in [-0.1, -0.05) is 30.3 Å². The summed E-state index contributed by atoms with van der Waals surface area (Å²) in [4.78, 5) is 24.2. The van der Waals surface area contributed by atoms with E-state index in [-0.39, 0.29) is 5.56 Å². The first-order valence-electron chi connectivity index (χ1n) is 9.45. The SMILES string of the molecule is COc1cc(/C=N\NC(=O)c2cccn(C)c2=O)cc(OC)c1OCc1ccccc1. The van der Waals surface area contributed by atoms with Crippen LogP contribution in [0.25, 0.3) is 0 Å². The lowest BCUT2D eigenvalue weighted by atomic mass is 10.2. The van der Waals surface area contributed by atoms with Gasteiger partial charge >= 0.3 is 0 Å². The Hall–Kier alpha value is -4.07. The molecule has 1 amide bonds. The van der Waals surface area contributed by atoms with Gasteiger partial charge in [-0.25, -0.2) is 5.43 Å². The Labute approximate surface area is 179 Å². The number of nitrogens with zero attached hydrogens (tertiary/aromatic N) is 2. The summed E-state index contributed by atoms with van der Waals surface area (Å²) in [6, 6.07) is 16.2. The molecule has 8 nitrogen and oxygen atoms in total. The molecule has 8 heteroatoms. The van der Waals surface area contributed by atoms with Crippen LogP contribution >= 0.6 is 0 Å². The van der Waals surface area contributed by atoms with Crippen molar-refractivity contribution in [1.82, 2.24) is 9.99 Å². The molecular weight excluding hydrogens is 398 g/mol. The highest BCUT2D eigenvalue weighted by Crippen LogP contribution is 2.38. The molecule has 0 spiro atoms. The molecule has 0 atom stereocenters. The van der Waals surface area contributed by atoms with Gasteiger partial charge in [-0.15, -0.1) is 0 Å². The van der Waals surface area contributed by atoms with Gasteiger partial charge in [0.1, 0.15) is 12.2 Å². The van der Waals surface area contributed by atoms with Crippen molar-refractivity contribution in [3.8, 4) is 17.2 Å². The van der Waals surface area contributed by atoms with Crippen molar-refractivity contribution in [1.29, 1.82) is 0 Å². The molecule has 1 heterocycles. The third-order valence-electron chi connectivity index (χ3n) is 4.46. The fourth-order valence-electron chi connectivity index (χ4n) is 2.84. The highest BCUT2D eigenvalue weighted by atomic mass is 16.5. The molecule has 2 aromatic carbocycles. The Kier molecular flexibility index (Phi) is 7.05. The minimum absolute atomic E-state index is 0.00183. The fraction of sp³-hybridized carbons (Fsp3) is 0.174. The summed E-state index contributed by atoms with van der Waals surface area (Å²) in [5.41, 5.74) is 3.57. The zero-order chi connectivity index (χ0) is 22.2. The summed E-state index contributed by atoms with van der Waals surface area (Å²) in [7, 11) is 4.62. The Morgan fingerprint density at radius 3 is 2.39 bits per heavy atom. The zero-order valence-electron chi connectivity index (χ0n) is 17.5. The molecule has 0 aliphatic heterocycles. The lowest BCUT2D eigenvalue weighted by Gasteiger charge is -2.15. The molecule has 0 bridgehead atoms. The van der Waals surface area contributed by atoms with E-state index in [0.29, 0.717) is 29.4 Å². The summed E-state index contributed by atoms with van der Waals surface area (Å²) in [6.45, 7) is 0.350. The van der Waals surface area contributed by atoms with E-state index in [2.05, 4.69) is 10.5 Å². The fourth-order valence-corrected chi connectivity index (χ4v) is 2.84. The highest BCUT2D eigenvalue weighted by molar-refractivity contribution is 5.94. The lowest BCUT2D eigenvalue weighted by molar-refractivity contribution is 0.0953. The second-order valence-electron chi connectivity index (χ2n) is 6.57. The van der Waals surface area contributed by atoms with E-state index in [4.69, 9.17) is 14.2 Å². The van der Waals surface area contributed by atoms with Crippen molar-refractivity contribution in [2.24, 2.45) is 12.1 Å². The number of carbonyl (C=O) groups excluding carboxylic acids is 1. The number of amides is 1. The third kappa shape index (κ3) is 5.30. The van der Waals surface area contributed by atoms with Gasteiger partial charge in [-0.3, -0.25) is 9.59 Å². The number of hydrogen-bond acceptors (Lipinski definition) is 6. The monoisotopic (exact) mass is 421 g/mol. The second kappa shape index (κ2) is 10.1. The van der Waals surface area contributed by atoms with E-state index < -0.39 is 11.5 Å². The molecular formula is C23H23N3O5. The molecule has 0 aliphatic rings. The van der Waals surface area contributed by atoms with Gasteiger partial charge in [-0.05, 0) is 29.8 Å². The Bertz CT molecular complexity index is 1110. The van der Waals surface area contributed by atoms with Gasteiger partial charge in [0.05, 0.1) is 20.4 Å². The van der Waals surface area contributed by atoms with Gasteiger partial charge in [0.15, 0.2) is 11.5 Å². The van der Waals surface area contributed by atoms with Crippen LogP contribution < -0.4 is 25.2 Å². The molecule has 3 aromatic rings. The lowest BCUT2D eigenvalue weighted by Crippen LogP contribution is -2.29. The van der Waals surface area contributed by atoms with Crippen molar-refractivity contribution in [3.63, 3.8) is 0 Å². The molecule has 0 saturated carbocycles. The van der Waals surface area contributed by atoms with Crippen LogP contribution in [0.15, 0.2) is 70.7 Å². The number of ether oxygens (including phenoxy) is 3. The minimum Gasteiger partial charge on any atom is -0.493 e. The van der Waals surface area contributed by atoms with Crippen LogP contribution in [0, 0.1) is 0 Å². The summed E-state index contributed by atoms with van der Waals surface area (Å²) < 4.78 is 18.1. The predicted octanol–water partition coefficient (Wildman–Crippen LogP) is 2.75. The molecule has 0 unspecified atom stereocenters. The van der Waals surface area contributed by atoms with E-state index in [9.17, 15) is 9.59 Å². The number of nitrogens with one attached hydrogen (secondary N) is 1. The smallest absolute Gasteiger partial charge is 0.276 e. The summed E-state index contributed by atoms with van der Waals surface area (Å²) in [6.07, 6.45) is 3.00. The third-order valence-corrected chi connectivity index (χ3v) is 4.46. The van der Waals surface area contributed by atoms with Crippen molar-refractivity contribution < 1.29 is 19.0 Å². The van der Waals surface area contributed by atoms with Crippen LogP contribution in [-0.2, 0) is 13.7 Å². The average molecular weight is 421 g/mol. The molecule has 1 N–H and O–H groups in total. The van der Waals surface area contributed by atoms with Gasteiger partial charge in [-0.2, -0.15) is 5.10 Å². The average Bonchev–Trinajstić information content (AvgIpc) is 2.79. The Morgan fingerprint density at radius 2 is 1.74 bits per heavy atom. The van der Waals surface area contributed by atoms with Crippen molar-refractivity contribution in [2.45, 2.75) is 6.61 Å². The standard InChI is InChI=1S/C23H23N3O5/c1-26-11-7-10-18(23(26)28)22(27)25-24-14-17-12-19(29-2)21(20(13-17)30-3)31-15-16-8-5-4-6-9-16/h4-14H,15H2,1-3H3,(H,25,27)/b24-14-. The van der Waals surface area contributed by atoms with E-state index in [1.807, 2.05) is 30.3 Å². The van der Waals surface area contributed by atoms with Gasteiger partial charge in [0.25, 0.3) is 11.5 Å². The number of aryl methyl sites for hydroxylation is 1. The minimum atomic E-state index is -0.598. The van der Waals surface area contributed by atoms with Crippen molar-refractivity contribution in [2.75, 3.05) is 14.2 Å². The van der Waals surface area contributed by atoms with Crippen LogP contribution in [0.1, 0.15) is 21.5 Å². The molecule has 0 radical (unpaired) electrons. The topological polar surface area (TPSA) is 91.2 Å². The number of benzene rings is 2. The summed E-state index contributed by atoms with van der Waals surface area (Å²) >= 11 is 0. The molecule has 0 fully saturated rings. The van der Waals surface area contributed by atoms with Crippen molar-refractivity contribution in [3.05, 3.63) is 87.8 Å². The summed E-state index contributed by atoms with van der Waals surface area (Å²) in [5.74, 6) is 0.780. The van der Waals surface area contributed by atoms with Crippen LogP contribution in [0.3, 0.4) is 0 Å². The molecule has 160 valence electrons. The number of methoxy groups -OCH3 is 2. The Morgan fingerprint density at radius 1 is 1.06 bits per heavy atom. The van der Waals surface area contributed by atoms with E-state index in [1.165, 1.54) is 31.1 Å². The Balaban J connectivity index is 1.76. The zero-order valence-corrected chi connectivity index (χ0v) is 17.5. The van der Waals surface area contributed by atoms with Gasteiger partial charge in [0, 0.05) is 18.8 Å². The molecule has 0 aliphatic carbocycles. The van der Waals surface area contributed by atoms with E-state index in [0.717, 1.165) is 5.56 Å². The maximum atomic E-state index is 12.2. The number of hydrogen-bond donors (Lipinski definition) is 1. The normalized spacial score (nSPS) is 10.7. The first-order valence-corrected chi connectivity index (χ1v) is 9.45.